The van der Waals surface area contributed by atoms with E-state index in [0.717, 1.165) is 16.7 Å². The van der Waals surface area contributed by atoms with E-state index < -0.39 is 18.1 Å². The number of nitrogens with two attached hydrogens (primary N) is 1. The lowest BCUT2D eigenvalue weighted by Crippen LogP contribution is -2.68. The van der Waals surface area contributed by atoms with Gasteiger partial charge < -0.3 is 10.5 Å². The number of hydrogen-bond donors (Lipinski definition) is 1. The molecule has 3 heterocycles. The van der Waals surface area contributed by atoms with Gasteiger partial charge in [-0.2, -0.15) is 4.68 Å². The Morgan fingerprint density at radius 2 is 1.76 bits per heavy atom. The highest BCUT2D eigenvalue weighted by Gasteiger charge is 2.52. The van der Waals surface area contributed by atoms with Gasteiger partial charge in [-0.25, -0.2) is 4.79 Å². The molecule has 168 valence electrons. The fraction of sp³-hybridized carbons (Fsp3) is 0.240. The zero-order chi connectivity index (χ0) is 22.9. The van der Waals surface area contributed by atoms with Crippen molar-refractivity contribution < 1.29 is 19.0 Å². The molecule has 2 aromatic carbocycles. The first-order valence-corrected chi connectivity index (χ1v) is 11.8. The number of ether oxygens (including phenoxy) is 1. The van der Waals surface area contributed by atoms with Gasteiger partial charge in [0.25, 0.3) is 0 Å². The van der Waals surface area contributed by atoms with Crippen molar-refractivity contribution >= 4 is 23.6 Å². The maximum absolute atomic E-state index is 13.7. The van der Waals surface area contributed by atoms with E-state index in [9.17, 15) is 9.59 Å². The Balaban J connectivity index is 1.52. The van der Waals surface area contributed by atoms with Gasteiger partial charge in [0.2, 0.25) is 5.91 Å². The molecule has 2 atom stereocenters. The predicted octanol–water partition coefficient (Wildman–Crippen LogP) is 2.14. The highest BCUT2D eigenvalue weighted by atomic mass is 32.2. The molecule has 1 amide bonds. The molecule has 0 bridgehead atoms. The number of aromatic nitrogens is 2. The first-order chi connectivity index (χ1) is 16.0. The van der Waals surface area contributed by atoms with Crippen LogP contribution in [0.4, 0.5) is 0 Å². The molecular formula is C25H25N4O3S+. The van der Waals surface area contributed by atoms with Crippen molar-refractivity contribution in [2.45, 2.75) is 24.1 Å². The molecule has 0 saturated carbocycles. The molecule has 1 saturated heterocycles. The number of aryl methyl sites for hydroxylation is 1. The average Bonchev–Trinajstić information content (AvgIpc) is 3.26. The molecule has 1 fully saturated rings. The quantitative estimate of drug-likeness (QED) is 0.346. The maximum atomic E-state index is 13.7. The second-order valence-corrected chi connectivity index (χ2v) is 9.26. The first kappa shape index (κ1) is 21.5. The lowest BCUT2D eigenvalue weighted by Gasteiger charge is -2.48. The van der Waals surface area contributed by atoms with Gasteiger partial charge in [0.15, 0.2) is 19.3 Å². The molecule has 0 spiro atoms. The number of hydrogen-bond acceptors (Lipinski definition) is 5. The largest absolute Gasteiger partial charge is 0.448 e. The zero-order valence-electron chi connectivity index (χ0n) is 18.2. The van der Waals surface area contributed by atoms with Crippen molar-refractivity contribution in [3.05, 3.63) is 102 Å². The van der Waals surface area contributed by atoms with Crippen LogP contribution >= 0.6 is 11.8 Å². The Kier molecular flexibility index (Phi) is 5.78. The summed E-state index contributed by atoms with van der Waals surface area (Å²) in [6.45, 7) is 0.480. The Labute approximate surface area is 196 Å². The number of amides is 1. The number of rotatable bonds is 6. The van der Waals surface area contributed by atoms with Gasteiger partial charge in [0.1, 0.15) is 23.7 Å². The molecule has 1 aromatic heterocycles. The van der Waals surface area contributed by atoms with Crippen LogP contribution in [0.1, 0.15) is 17.2 Å². The summed E-state index contributed by atoms with van der Waals surface area (Å²) in [7, 11) is 1.93. The second kappa shape index (κ2) is 8.88. The van der Waals surface area contributed by atoms with Crippen LogP contribution in [0.3, 0.4) is 0 Å². The van der Waals surface area contributed by atoms with Crippen molar-refractivity contribution in [1.29, 1.82) is 0 Å². The summed E-state index contributed by atoms with van der Waals surface area (Å²) in [5.41, 5.74) is 8.92. The molecular weight excluding hydrogens is 436 g/mol. The van der Waals surface area contributed by atoms with E-state index in [1.807, 2.05) is 95.5 Å². The van der Waals surface area contributed by atoms with Gasteiger partial charge in [-0.1, -0.05) is 60.7 Å². The Morgan fingerprint density at radius 1 is 1.12 bits per heavy atom. The highest BCUT2D eigenvalue weighted by Crippen LogP contribution is 2.41. The lowest BCUT2D eigenvalue weighted by molar-refractivity contribution is -0.752. The molecule has 5 rings (SSSR count). The summed E-state index contributed by atoms with van der Waals surface area (Å²) in [6, 6.07) is 20.6. The second-order valence-electron chi connectivity index (χ2n) is 8.16. The lowest BCUT2D eigenvalue weighted by atomic mass is 10.0. The summed E-state index contributed by atoms with van der Waals surface area (Å²) in [5, 5.41) is -0.242. The fourth-order valence-electron chi connectivity index (χ4n) is 4.25. The number of fused-ring (bicyclic) bond motifs is 1. The predicted molar refractivity (Wildman–Crippen MR) is 125 cm³/mol. The number of nitrogens with zero attached hydrogens (tertiary/aromatic N) is 3. The molecule has 2 N–H and O–H groups in total. The van der Waals surface area contributed by atoms with Gasteiger partial charge in [0.05, 0.1) is 6.20 Å². The average molecular weight is 462 g/mol. The number of carbonyl (C=O) groups excluding carboxylic acids is 2. The normalized spacial score (nSPS) is 20.0. The molecule has 7 nitrogen and oxygen atoms in total. The summed E-state index contributed by atoms with van der Waals surface area (Å²) in [5.74, 6) is -0.154. The van der Waals surface area contributed by atoms with Crippen molar-refractivity contribution in [2.24, 2.45) is 12.8 Å². The van der Waals surface area contributed by atoms with E-state index in [4.69, 9.17) is 10.5 Å². The molecule has 3 aromatic rings. The minimum absolute atomic E-state index is 0.242. The summed E-state index contributed by atoms with van der Waals surface area (Å²) >= 11 is 1.59. The highest BCUT2D eigenvalue weighted by molar-refractivity contribution is 8.00. The minimum atomic E-state index is -0.596. The Morgan fingerprint density at radius 3 is 2.33 bits per heavy atom. The van der Waals surface area contributed by atoms with E-state index in [-0.39, 0.29) is 11.3 Å². The SMILES string of the molecule is C[n+]1cccn1CC1=C(C(=O)OC(c2ccccc2)c2ccccc2)N2C(=O)[C@@H](N)[C@H]2SC1. The van der Waals surface area contributed by atoms with Crippen LogP contribution in [0.25, 0.3) is 0 Å². The summed E-state index contributed by atoms with van der Waals surface area (Å²) in [4.78, 5) is 27.9. The molecule has 8 heteroatoms. The summed E-state index contributed by atoms with van der Waals surface area (Å²) < 4.78 is 10.0. The number of benzene rings is 2. The third-order valence-corrected chi connectivity index (χ3v) is 7.39. The Bertz CT molecular complexity index is 1170. The van der Waals surface area contributed by atoms with Gasteiger partial charge in [0, 0.05) is 11.8 Å². The van der Waals surface area contributed by atoms with Crippen molar-refractivity contribution in [2.75, 3.05) is 5.75 Å². The van der Waals surface area contributed by atoms with Gasteiger partial charge in [-0.3, -0.25) is 9.69 Å². The van der Waals surface area contributed by atoms with E-state index >= 15 is 0 Å². The van der Waals surface area contributed by atoms with Gasteiger partial charge in [-0.15, -0.1) is 16.4 Å². The van der Waals surface area contributed by atoms with Crippen LogP contribution in [0.2, 0.25) is 0 Å². The summed E-state index contributed by atoms with van der Waals surface area (Å²) in [6.07, 6.45) is 3.28. The monoisotopic (exact) mass is 461 g/mol. The number of carbonyl (C=O) groups is 2. The Hall–Kier alpha value is -3.36. The third-order valence-electron chi connectivity index (χ3n) is 6.03. The molecule has 2 aliphatic heterocycles. The van der Waals surface area contributed by atoms with Crippen LogP contribution in [-0.4, -0.2) is 38.6 Å². The zero-order valence-corrected chi connectivity index (χ0v) is 19.0. The van der Waals surface area contributed by atoms with E-state index in [0.29, 0.717) is 18.0 Å². The van der Waals surface area contributed by atoms with Crippen molar-refractivity contribution in [3.63, 3.8) is 0 Å². The molecule has 2 aliphatic rings. The molecule has 33 heavy (non-hydrogen) atoms. The van der Waals surface area contributed by atoms with Crippen molar-refractivity contribution in [3.8, 4) is 0 Å². The van der Waals surface area contributed by atoms with Crippen LogP contribution < -0.4 is 10.4 Å². The molecule has 0 unspecified atom stereocenters. The van der Waals surface area contributed by atoms with Crippen LogP contribution in [0, 0.1) is 0 Å². The van der Waals surface area contributed by atoms with Crippen molar-refractivity contribution in [1.82, 2.24) is 9.58 Å². The number of esters is 1. The van der Waals surface area contributed by atoms with Crippen LogP contribution in [-0.2, 0) is 27.9 Å². The smallest absolute Gasteiger partial charge is 0.356 e. The number of thioether (sulfide) groups is 1. The number of β-lactam (4-membered cyclic amide) rings is 1. The van der Waals surface area contributed by atoms with Crippen LogP contribution in [0.5, 0.6) is 0 Å². The standard InChI is InChI=1S/C25H25N4O3S/c1-27-13-8-14-28(27)15-19-16-33-24-20(26)23(30)29(24)21(19)25(31)32-22(17-9-4-2-5-10-17)18-11-6-3-7-12-18/h2-14,20,22,24H,15-16,26H2,1H3/q+1/t20-,24-/m1/s1. The third kappa shape index (κ3) is 3.96. The van der Waals surface area contributed by atoms with E-state index in [2.05, 4.69) is 0 Å². The molecule has 0 radical (unpaired) electrons. The molecule has 0 aliphatic carbocycles. The fourth-order valence-corrected chi connectivity index (χ4v) is 5.53. The maximum Gasteiger partial charge on any atom is 0.356 e. The van der Waals surface area contributed by atoms with E-state index in [1.165, 1.54) is 4.90 Å². The van der Waals surface area contributed by atoms with Crippen LogP contribution in [0.15, 0.2) is 90.4 Å². The van der Waals surface area contributed by atoms with E-state index in [1.54, 1.807) is 11.8 Å². The van der Waals surface area contributed by atoms with Gasteiger partial charge >= 0.3 is 5.97 Å². The minimum Gasteiger partial charge on any atom is -0.448 e. The first-order valence-electron chi connectivity index (χ1n) is 10.8. The topological polar surface area (TPSA) is 81.4 Å². The van der Waals surface area contributed by atoms with Gasteiger partial charge in [-0.05, 0) is 16.7 Å².